The zero-order chi connectivity index (χ0) is 15.1. The Kier molecular flexibility index (Phi) is 7.62. The van der Waals surface area contributed by atoms with Gasteiger partial charge in [0.1, 0.15) is 6.04 Å². The van der Waals surface area contributed by atoms with Gasteiger partial charge in [0.05, 0.1) is 12.9 Å². The SMILES string of the molecule is COC(=O)CCCS(=O)(=O)NC(CC(C)C)C(=O)O. The maximum atomic E-state index is 11.7. The lowest BCUT2D eigenvalue weighted by molar-refractivity contribution is -0.141. The second-order valence-corrected chi connectivity index (χ2v) is 6.51. The van der Waals surface area contributed by atoms with Crippen LogP contribution in [0.5, 0.6) is 0 Å². The van der Waals surface area contributed by atoms with E-state index in [0.29, 0.717) is 0 Å². The highest BCUT2D eigenvalue weighted by atomic mass is 32.2. The molecule has 0 aliphatic carbocycles. The predicted octanol–water partition coefficient (Wildman–Crippen LogP) is 0.358. The zero-order valence-electron chi connectivity index (χ0n) is 11.4. The molecule has 0 aliphatic rings. The Balaban J connectivity index is 4.39. The molecule has 0 bridgehead atoms. The topological polar surface area (TPSA) is 110 Å². The lowest BCUT2D eigenvalue weighted by atomic mass is 10.1. The quantitative estimate of drug-likeness (QED) is 0.594. The van der Waals surface area contributed by atoms with E-state index in [-0.39, 0.29) is 30.9 Å². The van der Waals surface area contributed by atoms with Crippen molar-refractivity contribution in [3.63, 3.8) is 0 Å². The molecule has 1 unspecified atom stereocenters. The first-order valence-corrected chi connectivity index (χ1v) is 7.62. The number of aliphatic carboxylic acids is 1. The third kappa shape index (κ3) is 8.55. The number of sulfonamides is 1. The summed E-state index contributed by atoms with van der Waals surface area (Å²) in [5.41, 5.74) is 0. The summed E-state index contributed by atoms with van der Waals surface area (Å²) in [7, 11) is -2.49. The van der Waals surface area contributed by atoms with Crippen molar-refractivity contribution in [1.29, 1.82) is 0 Å². The zero-order valence-corrected chi connectivity index (χ0v) is 12.2. The van der Waals surface area contributed by atoms with E-state index >= 15 is 0 Å². The average Bonchev–Trinajstić information content (AvgIpc) is 2.26. The van der Waals surface area contributed by atoms with E-state index in [1.54, 1.807) is 0 Å². The van der Waals surface area contributed by atoms with Crippen LogP contribution in [0.15, 0.2) is 0 Å². The number of hydrogen-bond donors (Lipinski definition) is 2. The van der Waals surface area contributed by atoms with Crippen LogP contribution in [0.25, 0.3) is 0 Å². The largest absolute Gasteiger partial charge is 0.480 e. The molecule has 0 spiro atoms. The molecule has 0 aromatic heterocycles. The highest BCUT2D eigenvalue weighted by molar-refractivity contribution is 7.89. The number of ether oxygens (including phenoxy) is 1. The molecule has 0 fully saturated rings. The van der Waals surface area contributed by atoms with Crippen molar-refractivity contribution in [3.05, 3.63) is 0 Å². The third-order valence-corrected chi connectivity index (χ3v) is 3.82. The lowest BCUT2D eigenvalue weighted by Crippen LogP contribution is -2.42. The minimum Gasteiger partial charge on any atom is -0.480 e. The Bertz CT molecular complexity index is 403. The van der Waals surface area contributed by atoms with Gasteiger partial charge >= 0.3 is 11.9 Å². The summed E-state index contributed by atoms with van der Waals surface area (Å²) in [5, 5.41) is 8.94. The molecule has 0 aliphatic heterocycles. The van der Waals surface area contributed by atoms with Crippen molar-refractivity contribution in [2.24, 2.45) is 5.92 Å². The van der Waals surface area contributed by atoms with Crippen LogP contribution in [0.1, 0.15) is 33.1 Å². The molecule has 7 nitrogen and oxygen atoms in total. The Morgan fingerprint density at radius 3 is 2.32 bits per heavy atom. The maximum Gasteiger partial charge on any atom is 0.321 e. The molecule has 0 saturated carbocycles. The van der Waals surface area contributed by atoms with E-state index in [2.05, 4.69) is 9.46 Å². The van der Waals surface area contributed by atoms with Gasteiger partial charge in [-0.25, -0.2) is 13.1 Å². The third-order valence-electron chi connectivity index (χ3n) is 2.35. The summed E-state index contributed by atoms with van der Waals surface area (Å²) < 4.78 is 29.9. The first kappa shape index (κ1) is 17.8. The molecule has 1 atom stereocenters. The summed E-state index contributed by atoms with van der Waals surface area (Å²) in [5.74, 6) is -1.94. The summed E-state index contributed by atoms with van der Waals surface area (Å²) in [6.45, 7) is 3.61. The van der Waals surface area contributed by atoms with Gasteiger partial charge in [0.15, 0.2) is 0 Å². The van der Waals surface area contributed by atoms with Crippen molar-refractivity contribution in [3.8, 4) is 0 Å². The number of methoxy groups -OCH3 is 1. The molecular formula is C11H21NO6S. The van der Waals surface area contributed by atoms with Crippen LogP contribution in [0.4, 0.5) is 0 Å². The maximum absolute atomic E-state index is 11.7. The monoisotopic (exact) mass is 295 g/mol. The first-order valence-electron chi connectivity index (χ1n) is 5.97. The Labute approximate surface area is 113 Å². The fraction of sp³-hybridized carbons (Fsp3) is 0.818. The van der Waals surface area contributed by atoms with Gasteiger partial charge < -0.3 is 9.84 Å². The number of carbonyl (C=O) groups excluding carboxylic acids is 1. The van der Waals surface area contributed by atoms with Crippen molar-refractivity contribution >= 4 is 22.0 Å². The molecule has 112 valence electrons. The van der Waals surface area contributed by atoms with E-state index in [1.165, 1.54) is 7.11 Å². The highest BCUT2D eigenvalue weighted by Crippen LogP contribution is 2.07. The fourth-order valence-electron chi connectivity index (χ4n) is 1.46. The van der Waals surface area contributed by atoms with Crippen LogP contribution in [0.2, 0.25) is 0 Å². The Hall–Kier alpha value is -1.15. The number of carboxylic acid groups (broad SMARTS) is 1. The Morgan fingerprint density at radius 2 is 1.89 bits per heavy atom. The predicted molar refractivity (Wildman–Crippen MR) is 69.1 cm³/mol. The molecule has 0 rings (SSSR count). The van der Waals surface area contributed by atoms with Crippen molar-refractivity contribution in [1.82, 2.24) is 4.72 Å². The molecule has 8 heteroatoms. The summed E-state index contributed by atoms with van der Waals surface area (Å²) in [4.78, 5) is 21.8. The van der Waals surface area contributed by atoms with Crippen LogP contribution in [0, 0.1) is 5.92 Å². The van der Waals surface area contributed by atoms with Gasteiger partial charge in [0.2, 0.25) is 10.0 Å². The summed E-state index contributed by atoms with van der Waals surface area (Å²) in [6.07, 6.45) is 0.293. The minimum atomic E-state index is -3.71. The molecule has 0 heterocycles. The van der Waals surface area contributed by atoms with E-state index in [0.717, 1.165) is 0 Å². The van der Waals surface area contributed by atoms with Gasteiger partial charge in [-0.2, -0.15) is 0 Å². The number of carboxylic acids is 1. The number of nitrogens with one attached hydrogen (secondary N) is 1. The van der Waals surface area contributed by atoms with Crippen LogP contribution in [0.3, 0.4) is 0 Å². The number of esters is 1. The van der Waals surface area contributed by atoms with Gasteiger partial charge in [0, 0.05) is 6.42 Å². The second kappa shape index (κ2) is 8.11. The fourth-order valence-corrected chi connectivity index (χ4v) is 2.73. The molecule has 19 heavy (non-hydrogen) atoms. The lowest BCUT2D eigenvalue weighted by Gasteiger charge is -2.16. The Morgan fingerprint density at radius 1 is 1.32 bits per heavy atom. The number of hydrogen-bond acceptors (Lipinski definition) is 5. The standard InChI is InChI=1S/C11H21NO6S/c1-8(2)7-9(11(14)15)12-19(16,17)6-4-5-10(13)18-3/h8-9,12H,4-7H2,1-3H3,(H,14,15). The molecule has 0 amide bonds. The van der Waals surface area contributed by atoms with Gasteiger partial charge in [-0.1, -0.05) is 13.8 Å². The van der Waals surface area contributed by atoms with E-state index < -0.39 is 28.0 Å². The van der Waals surface area contributed by atoms with Crippen molar-refractivity contribution < 1.29 is 27.9 Å². The van der Waals surface area contributed by atoms with Crippen molar-refractivity contribution in [2.75, 3.05) is 12.9 Å². The van der Waals surface area contributed by atoms with E-state index in [9.17, 15) is 18.0 Å². The van der Waals surface area contributed by atoms with E-state index in [1.807, 2.05) is 13.8 Å². The van der Waals surface area contributed by atoms with Gasteiger partial charge in [-0.05, 0) is 18.8 Å². The molecule has 2 N–H and O–H groups in total. The summed E-state index contributed by atoms with van der Waals surface area (Å²) >= 11 is 0. The van der Waals surface area contributed by atoms with Gasteiger partial charge in [-0.15, -0.1) is 0 Å². The van der Waals surface area contributed by atoms with Gasteiger partial charge in [-0.3, -0.25) is 9.59 Å². The van der Waals surface area contributed by atoms with Crippen molar-refractivity contribution in [2.45, 2.75) is 39.2 Å². The molecule has 0 aromatic rings. The average molecular weight is 295 g/mol. The second-order valence-electron chi connectivity index (χ2n) is 4.64. The molecule has 0 saturated heterocycles. The molecule has 0 aromatic carbocycles. The van der Waals surface area contributed by atoms with Crippen LogP contribution in [-0.4, -0.2) is 44.4 Å². The summed E-state index contributed by atoms with van der Waals surface area (Å²) in [6, 6.07) is -1.14. The number of rotatable bonds is 9. The normalized spacial score (nSPS) is 13.3. The number of carbonyl (C=O) groups is 2. The minimum absolute atomic E-state index is 0.0146. The highest BCUT2D eigenvalue weighted by Gasteiger charge is 2.24. The van der Waals surface area contributed by atoms with Crippen LogP contribution in [-0.2, 0) is 24.3 Å². The van der Waals surface area contributed by atoms with E-state index in [4.69, 9.17) is 5.11 Å². The smallest absolute Gasteiger partial charge is 0.321 e. The van der Waals surface area contributed by atoms with Gasteiger partial charge in [0.25, 0.3) is 0 Å². The molecular weight excluding hydrogens is 274 g/mol. The van der Waals surface area contributed by atoms with Crippen LogP contribution < -0.4 is 4.72 Å². The van der Waals surface area contributed by atoms with Crippen LogP contribution >= 0.6 is 0 Å². The first-order chi connectivity index (χ1) is 8.68. The molecule has 0 radical (unpaired) electrons.